The number of hydrogen-bond donors (Lipinski definition) is 2. The summed E-state index contributed by atoms with van der Waals surface area (Å²) in [4.78, 5) is 12.7. The van der Waals surface area contributed by atoms with Crippen LogP contribution >= 0.6 is 0 Å². The lowest BCUT2D eigenvalue weighted by Gasteiger charge is -2.41. The zero-order valence-corrected chi connectivity index (χ0v) is 14.7. The van der Waals surface area contributed by atoms with Gasteiger partial charge in [0.15, 0.2) is 0 Å². The second-order valence-electron chi connectivity index (χ2n) is 6.73. The lowest BCUT2D eigenvalue weighted by molar-refractivity contribution is -0.130. The van der Waals surface area contributed by atoms with E-state index in [4.69, 9.17) is 4.74 Å². The van der Waals surface area contributed by atoms with E-state index in [2.05, 4.69) is 10.0 Å². The molecule has 2 N–H and O–H groups in total. The Bertz CT molecular complexity index is 690. The zero-order chi connectivity index (χ0) is 17.2. The Balaban J connectivity index is 1.68. The highest BCUT2D eigenvalue weighted by molar-refractivity contribution is 7.92. The first kappa shape index (κ1) is 17.2. The Morgan fingerprint density at radius 3 is 2.46 bits per heavy atom. The van der Waals surface area contributed by atoms with Crippen molar-refractivity contribution in [2.75, 3.05) is 24.1 Å². The highest BCUT2D eigenvalue weighted by Gasteiger charge is 2.45. The van der Waals surface area contributed by atoms with Crippen LogP contribution in [0.4, 0.5) is 5.69 Å². The molecule has 7 heteroatoms. The molecular weight excluding hydrogens is 328 g/mol. The third kappa shape index (κ3) is 3.72. The third-order valence-corrected chi connectivity index (χ3v) is 5.50. The topological polar surface area (TPSA) is 84.5 Å². The van der Waals surface area contributed by atoms with Crippen LogP contribution in [0, 0.1) is 0 Å². The molecule has 1 heterocycles. The minimum absolute atomic E-state index is 0.0491. The molecule has 1 aromatic rings. The number of amides is 1. The molecule has 0 radical (unpaired) electrons. The molecule has 1 saturated carbocycles. The Kier molecular flexibility index (Phi) is 4.83. The molecule has 2 fully saturated rings. The first-order chi connectivity index (χ1) is 11.4. The summed E-state index contributed by atoms with van der Waals surface area (Å²) >= 11 is 0. The molecule has 1 atom stereocenters. The van der Waals surface area contributed by atoms with Crippen LogP contribution in [0.5, 0.6) is 0 Å². The standard InChI is InChI=1S/C17H24N2O4S/c1-24(21,22)19-14-7-5-13(6-8-14)17(9-3-10-17)16(20)18-12-15-4-2-11-23-15/h5-8,15,19H,2-4,9-12H2,1H3,(H,18,20). The molecular formula is C17H24N2O4S. The minimum atomic E-state index is -3.29. The average molecular weight is 352 g/mol. The quantitative estimate of drug-likeness (QED) is 0.817. The van der Waals surface area contributed by atoms with Crippen LogP contribution in [0.15, 0.2) is 24.3 Å². The number of anilines is 1. The molecule has 1 aliphatic heterocycles. The van der Waals surface area contributed by atoms with Crippen molar-refractivity contribution in [3.63, 3.8) is 0 Å². The summed E-state index contributed by atoms with van der Waals surface area (Å²) in [6.07, 6.45) is 5.97. The van der Waals surface area contributed by atoms with E-state index < -0.39 is 15.4 Å². The summed E-state index contributed by atoms with van der Waals surface area (Å²) in [6, 6.07) is 7.12. The normalized spacial score (nSPS) is 22.6. The molecule has 1 aliphatic carbocycles. The second kappa shape index (κ2) is 6.72. The summed E-state index contributed by atoms with van der Waals surface area (Å²) in [5.41, 5.74) is 0.968. The Morgan fingerprint density at radius 1 is 1.25 bits per heavy atom. The first-order valence-corrected chi connectivity index (χ1v) is 10.3. The maximum atomic E-state index is 12.7. The number of carbonyl (C=O) groups is 1. The van der Waals surface area contributed by atoms with Gasteiger partial charge in [0.05, 0.1) is 17.8 Å². The molecule has 0 aromatic heterocycles. The maximum Gasteiger partial charge on any atom is 0.230 e. The number of carbonyl (C=O) groups excluding carboxylic acids is 1. The van der Waals surface area contributed by atoms with Gasteiger partial charge < -0.3 is 10.1 Å². The van der Waals surface area contributed by atoms with Crippen LogP contribution < -0.4 is 10.0 Å². The molecule has 132 valence electrons. The van der Waals surface area contributed by atoms with Crippen molar-refractivity contribution >= 4 is 21.6 Å². The van der Waals surface area contributed by atoms with Gasteiger partial charge in [0.1, 0.15) is 0 Å². The summed E-state index contributed by atoms with van der Waals surface area (Å²) in [5, 5.41) is 3.04. The van der Waals surface area contributed by atoms with Gasteiger partial charge in [-0.3, -0.25) is 9.52 Å². The van der Waals surface area contributed by atoms with Crippen molar-refractivity contribution in [2.45, 2.75) is 43.6 Å². The van der Waals surface area contributed by atoms with Crippen LogP contribution in [0.25, 0.3) is 0 Å². The number of benzene rings is 1. The maximum absolute atomic E-state index is 12.7. The van der Waals surface area contributed by atoms with Crippen LogP contribution in [-0.2, 0) is 25.0 Å². The van der Waals surface area contributed by atoms with Crippen LogP contribution in [-0.4, -0.2) is 39.8 Å². The smallest absolute Gasteiger partial charge is 0.230 e. The molecule has 1 amide bonds. The number of hydrogen-bond acceptors (Lipinski definition) is 4. The predicted molar refractivity (Wildman–Crippen MR) is 92.4 cm³/mol. The van der Waals surface area contributed by atoms with Crippen LogP contribution in [0.2, 0.25) is 0 Å². The third-order valence-electron chi connectivity index (χ3n) is 4.90. The van der Waals surface area contributed by atoms with E-state index in [0.29, 0.717) is 12.2 Å². The number of ether oxygens (including phenoxy) is 1. The lowest BCUT2D eigenvalue weighted by Crippen LogP contribution is -2.50. The largest absolute Gasteiger partial charge is 0.376 e. The SMILES string of the molecule is CS(=O)(=O)Nc1ccc(C2(C(=O)NCC3CCCO3)CCC2)cc1. The van der Waals surface area contributed by atoms with Crippen molar-refractivity contribution in [1.82, 2.24) is 5.32 Å². The van der Waals surface area contributed by atoms with Crippen molar-refractivity contribution in [3.05, 3.63) is 29.8 Å². The van der Waals surface area contributed by atoms with Crippen molar-refractivity contribution in [1.29, 1.82) is 0 Å². The van der Waals surface area contributed by atoms with E-state index in [0.717, 1.165) is 50.5 Å². The van der Waals surface area contributed by atoms with Crippen molar-refractivity contribution in [2.24, 2.45) is 0 Å². The second-order valence-corrected chi connectivity index (χ2v) is 8.48. The first-order valence-electron chi connectivity index (χ1n) is 8.37. The lowest BCUT2D eigenvalue weighted by atomic mass is 9.63. The highest BCUT2D eigenvalue weighted by atomic mass is 32.2. The van der Waals surface area contributed by atoms with Crippen molar-refractivity contribution in [3.8, 4) is 0 Å². The van der Waals surface area contributed by atoms with E-state index >= 15 is 0 Å². The summed E-state index contributed by atoms with van der Waals surface area (Å²) in [7, 11) is -3.29. The Labute approximate surface area is 143 Å². The number of rotatable bonds is 6. The van der Waals surface area contributed by atoms with E-state index in [1.54, 1.807) is 12.1 Å². The van der Waals surface area contributed by atoms with Gasteiger partial charge in [0.2, 0.25) is 15.9 Å². The fourth-order valence-electron chi connectivity index (χ4n) is 3.43. The van der Waals surface area contributed by atoms with Gasteiger partial charge in [-0.15, -0.1) is 0 Å². The van der Waals surface area contributed by atoms with Gasteiger partial charge in [-0.2, -0.15) is 0 Å². The predicted octanol–water partition coefficient (Wildman–Crippen LogP) is 1.77. The Morgan fingerprint density at radius 2 is 1.96 bits per heavy atom. The summed E-state index contributed by atoms with van der Waals surface area (Å²) < 4.78 is 30.6. The van der Waals surface area contributed by atoms with E-state index in [1.165, 1.54) is 0 Å². The van der Waals surface area contributed by atoms with E-state index in [1.807, 2.05) is 12.1 Å². The molecule has 6 nitrogen and oxygen atoms in total. The van der Waals surface area contributed by atoms with Crippen LogP contribution in [0.1, 0.15) is 37.7 Å². The van der Waals surface area contributed by atoms with Gasteiger partial charge >= 0.3 is 0 Å². The van der Waals surface area contributed by atoms with Gasteiger partial charge in [-0.25, -0.2) is 8.42 Å². The molecule has 0 spiro atoms. The molecule has 0 bridgehead atoms. The van der Waals surface area contributed by atoms with Crippen molar-refractivity contribution < 1.29 is 17.9 Å². The summed E-state index contributed by atoms with van der Waals surface area (Å²) in [5.74, 6) is 0.0491. The van der Waals surface area contributed by atoms with Gasteiger partial charge in [-0.05, 0) is 43.4 Å². The summed E-state index contributed by atoms with van der Waals surface area (Å²) in [6.45, 7) is 1.34. The molecule has 24 heavy (non-hydrogen) atoms. The zero-order valence-electron chi connectivity index (χ0n) is 13.9. The molecule has 1 aromatic carbocycles. The fraction of sp³-hybridized carbons (Fsp3) is 0.588. The van der Waals surface area contributed by atoms with Gasteiger partial charge in [0.25, 0.3) is 0 Å². The molecule has 3 rings (SSSR count). The number of sulfonamides is 1. The minimum Gasteiger partial charge on any atom is -0.376 e. The number of nitrogens with one attached hydrogen (secondary N) is 2. The molecule has 2 aliphatic rings. The Hall–Kier alpha value is -1.60. The highest BCUT2D eigenvalue weighted by Crippen LogP contribution is 2.44. The molecule has 1 saturated heterocycles. The van der Waals surface area contributed by atoms with E-state index in [9.17, 15) is 13.2 Å². The monoisotopic (exact) mass is 352 g/mol. The molecule has 1 unspecified atom stereocenters. The van der Waals surface area contributed by atoms with Gasteiger partial charge in [-0.1, -0.05) is 18.6 Å². The average Bonchev–Trinajstić information content (AvgIpc) is 2.97. The van der Waals surface area contributed by atoms with Gasteiger partial charge in [0, 0.05) is 18.8 Å². The van der Waals surface area contributed by atoms with E-state index in [-0.39, 0.29) is 12.0 Å². The van der Waals surface area contributed by atoms with Crippen LogP contribution in [0.3, 0.4) is 0 Å². The fourth-order valence-corrected chi connectivity index (χ4v) is 3.99.